The summed E-state index contributed by atoms with van der Waals surface area (Å²) in [7, 11) is 0. The average molecular weight is 408 g/mol. The van der Waals surface area contributed by atoms with Gasteiger partial charge in [0.15, 0.2) is 0 Å². The van der Waals surface area contributed by atoms with Crippen LogP contribution in [-0.2, 0) is 11.2 Å². The van der Waals surface area contributed by atoms with Gasteiger partial charge in [0.05, 0.1) is 12.0 Å². The number of carboxylic acid groups (broad SMARTS) is 1. The molecular weight excluding hydrogens is 386 g/mol. The first-order chi connectivity index (χ1) is 11.6. The first-order valence-electron chi connectivity index (χ1n) is 8.39. The molecule has 0 aliphatic carbocycles. The van der Waals surface area contributed by atoms with Crippen molar-refractivity contribution in [2.75, 3.05) is 13.1 Å². The summed E-state index contributed by atoms with van der Waals surface area (Å²) >= 11 is 5.38. The van der Waals surface area contributed by atoms with E-state index in [0.29, 0.717) is 0 Å². The van der Waals surface area contributed by atoms with Crippen LogP contribution in [0.15, 0.2) is 40.9 Å². The van der Waals surface area contributed by atoms with Crippen LogP contribution < -0.4 is 0 Å². The number of rotatable bonds is 5. The molecule has 1 atom stereocenters. The zero-order valence-electron chi connectivity index (χ0n) is 13.7. The predicted octanol–water partition coefficient (Wildman–Crippen LogP) is 4.96. The van der Waals surface area contributed by atoms with Crippen molar-refractivity contribution in [2.45, 2.75) is 32.2 Å². The van der Waals surface area contributed by atoms with Crippen LogP contribution in [0.3, 0.4) is 0 Å². The second-order valence-electron chi connectivity index (χ2n) is 6.26. The third-order valence-corrected chi connectivity index (χ3v) is 6.54. The van der Waals surface area contributed by atoms with Gasteiger partial charge in [0.1, 0.15) is 0 Å². The van der Waals surface area contributed by atoms with Crippen LogP contribution in [0, 0.1) is 5.92 Å². The monoisotopic (exact) mass is 407 g/mol. The molecule has 24 heavy (non-hydrogen) atoms. The van der Waals surface area contributed by atoms with E-state index in [9.17, 15) is 9.90 Å². The predicted molar refractivity (Wildman–Crippen MR) is 102 cm³/mol. The summed E-state index contributed by atoms with van der Waals surface area (Å²) in [6, 6.07) is 13.2. The minimum absolute atomic E-state index is 0.193. The van der Waals surface area contributed by atoms with Gasteiger partial charge in [-0.15, -0.1) is 11.3 Å². The van der Waals surface area contributed by atoms with Crippen LogP contribution in [-0.4, -0.2) is 29.1 Å². The largest absolute Gasteiger partial charge is 0.481 e. The van der Waals surface area contributed by atoms with Gasteiger partial charge in [-0.1, -0.05) is 35.0 Å². The Morgan fingerprint density at radius 3 is 2.46 bits per heavy atom. The molecule has 2 heterocycles. The summed E-state index contributed by atoms with van der Waals surface area (Å²) in [5.74, 6) is -0.847. The van der Waals surface area contributed by atoms with Crippen molar-refractivity contribution in [1.82, 2.24) is 4.90 Å². The number of aryl methyl sites for hydroxylation is 1. The summed E-state index contributed by atoms with van der Waals surface area (Å²) in [4.78, 5) is 16.4. The number of thiophene rings is 1. The Balaban J connectivity index is 1.87. The molecule has 0 radical (unpaired) electrons. The average Bonchev–Trinajstić information content (AvgIpc) is 3.06. The summed E-state index contributed by atoms with van der Waals surface area (Å²) in [5.41, 5.74) is 1.27. The van der Waals surface area contributed by atoms with E-state index >= 15 is 0 Å². The lowest BCUT2D eigenvalue weighted by molar-refractivity contribution is -0.143. The fourth-order valence-corrected chi connectivity index (χ4v) is 4.72. The van der Waals surface area contributed by atoms with Crippen molar-refractivity contribution in [3.05, 3.63) is 56.2 Å². The van der Waals surface area contributed by atoms with E-state index in [2.05, 4.69) is 64.2 Å². The lowest BCUT2D eigenvalue weighted by Gasteiger charge is -2.36. The molecule has 1 N–H and O–H groups in total. The number of nitrogens with zero attached hydrogens (tertiary/aromatic N) is 1. The topological polar surface area (TPSA) is 40.5 Å². The zero-order valence-corrected chi connectivity index (χ0v) is 16.1. The number of hydrogen-bond acceptors (Lipinski definition) is 3. The van der Waals surface area contributed by atoms with Crippen molar-refractivity contribution < 1.29 is 9.90 Å². The number of hydrogen-bond donors (Lipinski definition) is 1. The van der Waals surface area contributed by atoms with Gasteiger partial charge in [-0.25, -0.2) is 0 Å². The maximum Gasteiger partial charge on any atom is 0.306 e. The molecule has 1 saturated heterocycles. The molecule has 0 bridgehead atoms. The van der Waals surface area contributed by atoms with Gasteiger partial charge < -0.3 is 5.11 Å². The van der Waals surface area contributed by atoms with Gasteiger partial charge in [0, 0.05) is 14.2 Å². The molecule has 1 unspecified atom stereocenters. The Morgan fingerprint density at radius 1 is 1.25 bits per heavy atom. The van der Waals surface area contributed by atoms with E-state index in [1.807, 2.05) is 11.3 Å². The second-order valence-corrected chi connectivity index (χ2v) is 8.38. The molecule has 1 aliphatic heterocycles. The Kier molecular flexibility index (Phi) is 5.74. The number of carboxylic acids is 1. The van der Waals surface area contributed by atoms with E-state index in [1.165, 1.54) is 15.3 Å². The highest BCUT2D eigenvalue weighted by Gasteiger charge is 2.30. The van der Waals surface area contributed by atoms with E-state index in [-0.39, 0.29) is 12.0 Å². The van der Waals surface area contributed by atoms with Gasteiger partial charge in [-0.05, 0) is 62.2 Å². The molecule has 3 nitrogen and oxygen atoms in total. The summed E-state index contributed by atoms with van der Waals surface area (Å²) in [5, 5.41) is 9.24. The fraction of sp³-hybridized carbons (Fsp3) is 0.421. The molecule has 0 spiro atoms. The molecule has 3 rings (SSSR count). The Labute approximate surface area is 155 Å². The molecule has 1 fully saturated rings. The lowest BCUT2D eigenvalue weighted by Crippen LogP contribution is -2.39. The number of aliphatic carboxylic acids is 1. The summed E-state index contributed by atoms with van der Waals surface area (Å²) in [6.45, 7) is 3.84. The molecule has 1 aromatic heterocycles. The standard InChI is InChI=1S/C19H22BrNO2S/c1-2-16-7-8-17(24-16)18(13-3-5-15(20)6-4-13)21-11-9-14(10-12-21)19(22)23/h3-8,14,18H,2,9-12H2,1H3,(H,22,23). The Morgan fingerprint density at radius 2 is 1.92 bits per heavy atom. The van der Waals surface area contributed by atoms with Gasteiger partial charge in [0.2, 0.25) is 0 Å². The first kappa shape index (κ1) is 17.6. The van der Waals surface area contributed by atoms with Crippen molar-refractivity contribution in [2.24, 2.45) is 5.92 Å². The van der Waals surface area contributed by atoms with E-state index in [0.717, 1.165) is 36.8 Å². The molecule has 2 aromatic rings. The summed E-state index contributed by atoms with van der Waals surface area (Å²) < 4.78 is 1.08. The highest BCUT2D eigenvalue weighted by molar-refractivity contribution is 9.10. The van der Waals surface area contributed by atoms with Crippen molar-refractivity contribution in [1.29, 1.82) is 0 Å². The molecule has 5 heteroatoms. The smallest absolute Gasteiger partial charge is 0.306 e. The van der Waals surface area contributed by atoms with Gasteiger partial charge in [0.25, 0.3) is 0 Å². The normalized spacial score (nSPS) is 17.8. The quantitative estimate of drug-likeness (QED) is 0.761. The van der Waals surface area contributed by atoms with Crippen LogP contribution in [0.5, 0.6) is 0 Å². The number of likely N-dealkylation sites (tertiary alicyclic amines) is 1. The number of benzene rings is 1. The molecule has 0 amide bonds. The maximum atomic E-state index is 11.2. The van der Waals surface area contributed by atoms with Crippen molar-refractivity contribution >= 4 is 33.2 Å². The zero-order chi connectivity index (χ0) is 17.1. The molecule has 1 aliphatic rings. The molecule has 128 valence electrons. The lowest BCUT2D eigenvalue weighted by atomic mass is 9.94. The summed E-state index contributed by atoms with van der Waals surface area (Å²) in [6.07, 6.45) is 2.52. The van der Waals surface area contributed by atoms with Crippen LogP contribution >= 0.6 is 27.3 Å². The van der Waals surface area contributed by atoms with Crippen molar-refractivity contribution in [3.63, 3.8) is 0 Å². The third kappa shape index (κ3) is 3.90. The van der Waals surface area contributed by atoms with Gasteiger partial charge >= 0.3 is 5.97 Å². The Hall–Kier alpha value is -1.17. The van der Waals surface area contributed by atoms with E-state index in [1.54, 1.807) is 0 Å². The minimum Gasteiger partial charge on any atom is -0.481 e. The Bertz CT molecular complexity index is 690. The SMILES string of the molecule is CCc1ccc(C(c2ccc(Br)cc2)N2CCC(C(=O)O)CC2)s1. The second kappa shape index (κ2) is 7.81. The van der Waals surface area contributed by atoms with E-state index < -0.39 is 5.97 Å². The number of piperidine rings is 1. The van der Waals surface area contributed by atoms with Crippen LogP contribution in [0.1, 0.15) is 41.1 Å². The molecule has 0 saturated carbocycles. The molecule has 1 aromatic carbocycles. The van der Waals surface area contributed by atoms with E-state index in [4.69, 9.17) is 0 Å². The van der Waals surface area contributed by atoms with Crippen LogP contribution in [0.4, 0.5) is 0 Å². The van der Waals surface area contributed by atoms with Crippen molar-refractivity contribution in [3.8, 4) is 0 Å². The highest BCUT2D eigenvalue weighted by Crippen LogP contribution is 2.36. The molecular formula is C19H22BrNO2S. The van der Waals surface area contributed by atoms with Crippen LogP contribution in [0.2, 0.25) is 0 Å². The minimum atomic E-state index is -0.653. The van der Waals surface area contributed by atoms with Gasteiger partial charge in [-0.3, -0.25) is 9.69 Å². The van der Waals surface area contributed by atoms with Crippen LogP contribution in [0.25, 0.3) is 0 Å². The third-order valence-electron chi connectivity index (χ3n) is 4.73. The maximum absolute atomic E-state index is 11.2. The van der Waals surface area contributed by atoms with Gasteiger partial charge in [-0.2, -0.15) is 0 Å². The number of halogens is 1. The first-order valence-corrected chi connectivity index (χ1v) is 10.0. The number of carbonyl (C=O) groups is 1. The fourth-order valence-electron chi connectivity index (χ4n) is 3.34. The highest BCUT2D eigenvalue weighted by atomic mass is 79.9.